The fourth-order valence-electron chi connectivity index (χ4n) is 3.40. The van der Waals surface area contributed by atoms with Gasteiger partial charge in [0.1, 0.15) is 0 Å². The zero-order valence-corrected chi connectivity index (χ0v) is 15.5. The van der Waals surface area contributed by atoms with Gasteiger partial charge < -0.3 is 10.2 Å². The average molecular weight is 374 g/mol. The number of carbonyl (C=O) groups excluding carboxylic acids is 1. The van der Waals surface area contributed by atoms with Crippen LogP contribution < -0.4 is 10.2 Å². The molecule has 0 aromatic carbocycles. The minimum Gasteiger partial charge on any atom is -0.354 e. The molecule has 0 aliphatic carbocycles. The molecule has 0 saturated carbocycles. The number of nitrogens with zero attached hydrogens (tertiary/aromatic N) is 5. The highest BCUT2D eigenvalue weighted by molar-refractivity contribution is 5.79. The number of aromatic nitrogens is 4. The second-order valence-electron chi connectivity index (χ2n) is 6.87. The molecule has 1 aliphatic heterocycles. The largest absolute Gasteiger partial charge is 0.354 e. The molecule has 1 unspecified atom stereocenters. The Morgan fingerprint density at radius 1 is 1.00 bits per heavy atom. The van der Waals surface area contributed by atoms with Gasteiger partial charge in [0.2, 0.25) is 5.91 Å². The van der Waals surface area contributed by atoms with Gasteiger partial charge in [0.15, 0.2) is 5.82 Å². The Balaban J connectivity index is 1.37. The topological polar surface area (TPSA) is 83.9 Å². The molecule has 4 heterocycles. The maximum atomic E-state index is 12.6. The fourth-order valence-corrected chi connectivity index (χ4v) is 3.40. The zero-order valence-electron chi connectivity index (χ0n) is 15.5. The van der Waals surface area contributed by atoms with Gasteiger partial charge in [0, 0.05) is 50.0 Å². The molecule has 3 aromatic heterocycles. The van der Waals surface area contributed by atoms with Crippen molar-refractivity contribution in [3.05, 3.63) is 66.7 Å². The Morgan fingerprint density at radius 3 is 2.46 bits per heavy atom. The van der Waals surface area contributed by atoms with Gasteiger partial charge in [0.25, 0.3) is 0 Å². The van der Waals surface area contributed by atoms with Gasteiger partial charge in [-0.3, -0.25) is 14.8 Å². The molecule has 0 spiro atoms. The predicted octanol–water partition coefficient (Wildman–Crippen LogP) is 2.47. The monoisotopic (exact) mass is 374 g/mol. The van der Waals surface area contributed by atoms with Crippen molar-refractivity contribution in [2.24, 2.45) is 5.92 Å². The molecule has 1 N–H and O–H groups in total. The minimum absolute atomic E-state index is 0.0442. The number of nitrogens with one attached hydrogen (secondary N) is 1. The van der Waals surface area contributed by atoms with Crippen LogP contribution in [0.25, 0.3) is 11.3 Å². The summed E-state index contributed by atoms with van der Waals surface area (Å²) < 4.78 is 0. The number of pyridine rings is 2. The average Bonchev–Trinajstić information content (AvgIpc) is 2.79. The van der Waals surface area contributed by atoms with Crippen molar-refractivity contribution >= 4 is 11.7 Å². The highest BCUT2D eigenvalue weighted by atomic mass is 16.1. The Bertz CT molecular complexity index is 901. The van der Waals surface area contributed by atoms with Crippen molar-refractivity contribution in [1.82, 2.24) is 25.5 Å². The summed E-state index contributed by atoms with van der Waals surface area (Å²) >= 11 is 0. The number of amides is 1. The molecule has 4 rings (SSSR count). The second-order valence-corrected chi connectivity index (χ2v) is 6.87. The van der Waals surface area contributed by atoms with Crippen molar-refractivity contribution in [3.63, 3.8) is 0 Å². The Labute approximate surface area is 163 Å². The first-order valence-electron chi connectivity index (χ1n) is 9.45. The fraction of sp³-hybridized carbons (Fsp3) is 0.286. The Hall–Kier alpha value is -3.35. The molecule has 1 aliphatic rings. The van der Waals surface area contributed by atoms with Crippen molar-refractivity contribution in [3.8, 4) is 11.3 Å². The van der Waals surface area contributed by atoms with Crippen LogP contribution in [0.15, 0.2) is 61.2 Å². The van der Waals surface area contributed by atoms with E-state index in [4.69, 9.17) is 0 Å². The molecule has 0 radical (unpaired) electrons. The van der Waals surface area contributed by atoms with Gasteiger partial charge in [-0.05, 0) is 54.8 Å². The van der Waals surface area contributed by atoms with Crippen LogP contribution in [0.5, 0.6) is 0 Å². The van der Waals surface area contributed by atoms with Gasteiger partial charge in [-0.15, -0.1) is 10.2 Å². The lowest BCUT2D eigenvalue weighted by Gasteiger charge is -2.32. The van der Waals surface area contributed by atoms with Crippen molar-refractivity contribution in [1.29, 1.82) is 0 Å². The van der Waals surface area contributed by atoms with E-state index in [1.807, 2.05) is 36.4 Å². The molecular weight excluding hydrogens is 352 g/mol. The normalized spacial score (nSPS) is 16.6. The van der Waals surface area contributed by atoms with E-state index in [-0.39, 0.29) is 11.8 Å². The highest BCUT2D eigenvalue weighted by Gasteiger charge is 2.26. The maximum Gasteiger partial charge on any atom is 0.225 e. The molecule has 3 aromatic rings. The molecule has 1 fully saturated rings. The Kier molecular flexibility index (Phi) is 5.51. The summed E-state index contributed by atoms with van der Waals surface area (Å²) in [5.74, 6) is 0.851. The molecule has 1 saturated heterocycles. The van der Waals surface area contributed by atoms with Crippen LogP contribution in [-0.4, -0.2) is 39.2 Å². The first kappa shape index (κ1) is 18.0. The Morgan fingerprint density at radius 2 is 1.75 bits per heavy atom. The summed E-state index contributed by atoms with van der Waals surface area (Å²) in [5.41, 5.74) is 2.85. The molecular formula is C21H22N6O. The van der Waals surface area contributed by atoms with Gasteiger partial charge in [-0.25, -0.2) is 0 Å². The van der Waals surface area contributed by atoms with E-state index < -0.39 is 0 Å². The van der Waals surface area contributed by atoms with Crippen LogP contribution in [0.3, 0.4) is 0 Å². The van der Waals surface area contributed by atoms with Gasteiger partial charge in [-0.1, -0.05) is 0 Å². The molecule has 7 nitrogen and oxygen atoms in total. The molecule has 7 heteroatoms. The highest BCUT2D eigenvalue weighted by Crippen LogP contribution is 2.23. The molecule has 28 heavy (non-hydrogen) atoms. The van der Waals surface area contributed by atoms with Crippen LogP contribution in [0.4, 0.5) is 5.82 Å². The number of anilines is 1. The summed E-state index contributed by atoms with van der Waals surface area (Å²) in [5, 5.41) is 11.8. The van der Waals surface area contributed by atoms with E-state index in [2.05, 4.69) is 30.4 Å². The molecule has 142 valence electrons. The summed E-state index contributed by atoms with van der Waals surface area (Å²) in [6.07, 6.45) is 8.80. The van der Waals surface area contributed by atoms with Crippen LogP contribution in [0, 0.1) is 5.92 Å². The van der Waals surface area contributed by atoms with Gasteiger partial charge in [-0.2, -0.15) is 0 Å². The number of hydrogen-bond acceptors (Lipinski definition) is 6. The third-order valence-corrected chi connectivity index (χ3v) is 4.96. The standard InChI is InChI=1S/C21H22N6O/c28-21(24-14-16-5-9-22-10-6-16)18-2-1-13-27(15-18)20-4-3-19(25-26-20)17-7-11-23-12-8-17/h3-12,18H,1-2,13-15H2,(H,24,28). The zero-order chi connectivity index (χ0) is 19.2. The first-order chi connectivity index (χ1) is 13.8. The van der Waals surface area contributed by atoms with Crippen molar-refractivity contribution < 1.29 is 4.79 Å². The first-order valence-corrected chi connectivity index (χ1v) is 9.45. The maximum absolute atomic E-state index is 12.6. The van der Waals surface area contributed by atoms with E-state index in [9.17, 15) is 4.79 Å². The summed E-state index contributed by atoms with van der Waals surface area (Å²) in [4.78, 5) is 22.8. The van der Waals surface area contributed by atoms with Crippen LogP contribution in [-0.2, 0) is 11.3 Å². The number of rotatable bonds is 5. The second kappa shape index (κ2) is 8.56. The SMILES string of the molecule is O=C(NCc1ccncc1)C1CCCN(c2ccc(-c3ccncc3)nn2)C1. The van der Waals surface area contributed by atoms with E-state index >= 15 is 0 Å². The van der Waals surface area contributed by atoms with Crippen LogP contribution in [0.1, 0.15) is 18.4 Å². The predicted molar refractivity (Wildman–Crippen MR) is 106 cm³/mol. The summed E-state index contributed by atoms with van der Waals surface area (Å²) in [6.45, 7) is 2.07. The number of carbonyl (C=O) groups is 1. The van der Waals surface area contributed by atoms with E-state index in [0.717, 1.165) is 42.0 Å². The summed E-state index contributed by atoms with van der Waals surface area (Å²) in [7, 11) is 0. The van der Waals surface area contributed by atoms with Gasteiger partial charge >= 0.3 is 0 Å². The smallest absolute Gasteiger partial charge is 0.225 e. The lowest BCUT2D eigenvalue weighted by Crippen LogP contribution is -2.43. The molecule has 0 bridgehead atoms. The third kappa shape index (κ3) is 4.31. The molecule has 1 atom stereocenters. The van der Waals surface area contributed by atoms with Crippen molar-refractivity contribution in [2.75, 3.05) is 18.0 Å². The number of piperidine rings is 1. The quantitative estimate of drug-likeness (QED) is 0.739. The number of hydrogen-bond donors (Lipinski definition) is 1. The van der Waals surface area contributed by atoms with Crippen molar-refractivity contribution in [2.45, 2.75) is 19.4 Å². The van der Waals surface area contributed by atoms with Crippen LogP contribution in [0.2, 0.25) is 0 Å². The summed E-state index contributed by atoms with van der Waals surface area (Å²) in [6, 6.07) is 11.6. The van der Waals surface area contributed by atoms with E-state index in [0.29, 0.717) is 13.1 Å². The minimum atomic E-state index is -0.0442. The van der Waals surface area contributed by atoms with Crippen LogP contribution >= 0.6 is 0 Å². The molecule has 1 amide bonds. The lowest BCUT2D eigenvalue weighted by atomic mass is 9.97. The van der Waals surface area contributed by atoms with E-state index in [1.165, 1.54) is 0 Å². The van der Waals surface area contributed by atoms with E-state index in [1.54, 1.807) is 24.8 Å². The lowest BCUT2D eigenvalue weighted by molar-refractivity contribution is -0.125. The third-order valence-electron chi connectivity index (χ3n) is 4.96. The van der Waals surface area contributed by atoms with Gasteiger partial charge in [0.05, 0.1) is 11.6 Å².